The summed E-state index contributed by atoms with van der Waals surface area (Å²) in [5, 5.41) is 0. The predicted molar refractivity (Wildman–Crippen MR) is 121 cm³/mol. The summed E-state index contributed by atoms with van der Waals surface area (Å²) in [6.45, 7) is 4.26. The molecular weight excluding hydrogens is 356 g/mol. The van der Waals surface area contributed by atoms with Crippen LogP contribution in [0.4, 0.5) is 0 Å². The molecule has 0 bridgehead atoms. The van der Waals surface area contributed by atoms with Crippen LogP contribution in [0.1, 0.15) is 42.9 Å². The van der Waals surface area contributed by atoms with Gasteiger partial charge in [0.1, 0.15) is 5.75 Å². The Morgan fingerprint density at radius 2 is 1.45 bits per heavy atom. The molecule has 29 heavy (non-hydrogen) atoms. The monoisotopic (exact) mass is 384 g/mol. The number of rotatable bonds is 8. The number of hydrogen-bond donors (Lipinski definition) is 0. The van der Waals surface area contributed by atoms with Crippen LogP contribution in [0.2, 0.25) is 0 Å². The van der Waals surface area contributed by atoms with Gasteiger partial charge in [0.2, 0.25) is 0 Å². The molecule has 0 fully saturated rings. The molecule has 0 radical (unpaired) electrons. The fourth-order valence-electron chi connectivity index (χ4n) is 3.15. The molecule has 0 saturated heterocycles. The highest BCUT2D eigenvalue weighted by molar-refractivity contribution is 5.88. The van der Waals surface area contributed by atoms with Crippen LogP contribution in [0, 0.1) is 6.92 Å². The maximum absolute atomic E-state index is 12.0. The summed E-state index contributed by atoms with van der Waals surface area (Å²) in [5.74, 6) is 0.165. The molecule has 0 spiro atoms. The molecule has 2 heteroatoms. The number of benzene rings is 3. The SMILES string of the molecule is CCCCCc1ccc(-c2ccc(OC(=O)/C=C\c3ccc(C)cc3)cc2)cc1. The van der Waals surface area contributed by atoms with E-state index in [4.69, 9.17) is 4.74 Å². The topological polar surface area (TPSA) is 26.3 Å². The van der Waals surface area contributed by atoms with Crippen molar-refractivity contribution in [3.05, 3.63) is 95.6 Å². The highest BCUT2D eigenvalue weighted by Crippen LogP contribution is 2.23. The van der Waals surface area contributed by atoms with Crippen molar-refractivity contribution in [2.24, 2.45) is 0 Å². The first-order valence-corrected chi connectivity index (χ1v) is 10.3. The van der Waals surface area contributed by atoms with Crippen LogP contribution in [-0.4, -0.2) is 5.97 Å². The molecule has 0 heterocycles. The highest BCUT2D eigenvalue weighted by atomic mass is 16.5. The molecule has 0 aliphatic heterocycles. The van der Waals surface area contributed by atoms with E-state index >= 15 is 0 Å². The number of aryl methyl sites for hydroxylation is 2. The van der Waals surface area contributed by atoms with Crippen molar-refractivity contribution in [3.63, 3.8) is 0 Å². The van der Waals surface area contributed by atoms with E-state index in [0.717, 1.165) is 17.5 Å². The van der Waals surface area contributed by atoms with Gasteiger partial charge in [-0.3, -0.25) is 0 Å². The van der Waals surface area contributed by atoms with Crippen LogP contribution < -0.4 is 4.74 Å². The van der Waals surface area contributed by atoms with Gasteiger partial charge in [0, 0.05) is 6.08 Å². The molecule has 0 aromatic heterocycles. The largest absolute Gasteiger partial charge is 0.423 e. The van der Waals surface area contributed by atoms with Gasteiger partial charge in [0.15, 0.2) is 0 Å². The quantitative estimate of drug-likeness (QED) is 0.181. The summed E-state index contributed by atoms with van der Waals surface area (Å²) in [5.41, 5.74) is 5.83. The van der Waals surface area contributed by atoms with Crippen LogP contribution in [0.5, 0.6) is 5.75 Å². The number of unbranched alkanes of at least 4 members (excludes halogenated alkanes) is 2. The van der Waals surface area contributed by atoms with Crippen LogP contribution in [-0.2, 0) is 11.2 Å². The van der Waals surface area contributed by atoms with E-state index in [-0.39, 0.29) is 5.97 Å². The second kappa shape index (κ2) is 10.4. The van der Waals surface area contributed by atoms with Gasteiger partial charge in [0.25, 0.3) is 0 Å². The summed E-state index contributed by atoms with van der Waals surface area (Å²) in [4.78, 5) is 12.0. The maximum Gasteiger partial charge on any atom is 0.336 e. The third-order valence-electron chi connectivity index (χ3n) is 4.92. The number of hydrogen-bond acceptors (Lipinski definition) is 2. The lowest BCUT2D eigenvalue weighted by atomic mass is 10.0. The van der Waals surface area contributed by atoms with E-state index in [1.165, 1.54) is 42.0 Å². The molecule has 0 amide bonds. The zero-order valence-corrected chi connectivity index (χ0v) is 17.2. The Morgan fingerprint density at radius 3 is 2.07 bits per heavy atom. The van der Waals surface area contributed by atoms with Gasteiger partial charge in [-0.05, 0) is 60.2 Å². The van der Waals surface area contributed by atoms with Crippen LogP contribution in [0.25, 0.3) is 17.2 Å². The minimum atomic E-state index is -0.380. The number of carbonyl (C=O) groups is 1. The minimum Gasteiger partial charge on any atom is -0.423 e. The zero-order valence-electron chi connectivity index (χ0n) is 17.2. The average molecular weight is 385 g/mol. The van der Waals surface area contributed by atoms with E-state index in [1.807, 2.05) is 55.5 Å². The molecule has 0 N–H and O–H groups in total. The lowest BCUT2D eigenvalue weighted by molar-refractivity contribution is -0.128. The predicted octanol–water partition coefficient (Wildman–Crippen LogP) is 7.01. The average Bonchev–Trinajstić information content (AvgIpc) is 2.75. The maximum atomic E-state index is 12.0. The van der Waals surface area contributed by atoms with Gasteiger partial charge in [-0.25, -0.2) is 4.79 Å². The van der Waals surface area contributed by atoms with Crippen molar-refractivity contribution >= 4 is 12.0 Å². The number of carbonyl (C=O) groups excluding carboxylic acids is 1. The molecule has 3 aromatic rings. The summed E-state index contributed by atoms with van der Waals surface area (Å²) in [6, 6.07) is 24.3. The molecule has 3 rings (SSSR count). The summed E-state index contributed by atoms with van der Waals surface area (Å²) in [6.07, 6.45) is 8.13. The Labute approximate surface area is 173 Å². The fraction of sp³-hybridized carbons (Fsp3) is 0.222. The van der Waals surface area contributed by atoms with E-state index in [9.17, 15) is 4.79 Å². The third kappa shape index (κ3) is 6.46. The van der Waals surface area contributed by atoms with Crippen LogP contribution >= 0.6 is 0 Å². The Morgan fingerprint density at radius 1 is 0.828 bits per heavy atom. The van der Waals surface area contributed by atoms with Crippen LogP contribution in [0.15, 0.2) is 78.9 Å². The fourth-order valence-corrected chi connectivity index (χ4v) is 3.15. The molecule has 0 aliphatic carbocycles. The van der Waals surface area contributed by atoms with E-state index in [1.54, 1.807) is 6.08 Å². The summed E-state index contributed by atoms with van der Waals surface area (Å²) >= 11 is 0. The molecule has 0 aliphatic rings. The van der Waals surface area contributed by atoms with E-state index in [0.29, 0.717) is 5.75 Å². The molecular formula is C27H28O2. The second-order valence-corrected chi connectivity index (χ2v) is 7.34. The van der Waals surface area contributed by atoms with Crippen molar-refractivity contribution in [3.8, 4) is 16.9 Å². The van der Waals surface area contributed by atoms with Gasteiger partial charge in [-0.15, -0.1) is 0 Å². The second-order valence-electron chi connectivity index (χ2n) is 7.34. The number of ether oxygens (including phenoxy) is 1. The number of esters is 1. The highest BCUT2D eigenvalue weighted by Gasteiger charge is 2.03. The van der Waals surface area contributed by atoms with Crippen molar-refractivity contribution in [2.45, 2.75) is 39.5 Å². The van der Waals surface area contributed by atoms with Crippen molar-refractivity contribution in [1.29, 1.82) is 0 Å². The van der Waals surface area contributed by atoms with Gasteiger partial charge < -0.3 is 4.74 Å². The normalized spacial score (nSPS) is 11.0. The van der Waals surface area contributed by atoms with Gasteiger partial charge >= 0.3 is 5.97 Å². The Hall–Kier alpha value is -3.13. The first kappa shape index (κ1) is 20.6. The van der Waals surface area contributed by atoms with Crippen molar-refractivity contribution in [2.75, 3.05) is 0 Å². The van der Waals surface area contributed by atoms with E-state index in [2.05, 4.69) is 31.2 Å². The van der Waals surface area contributed by atoms with Crippen molar-refractivity contribution in [1.82, 2.24) is 0 Å². The first-order chi connectivity index (χ1) is 14.1. The molecule has 3 aromatic carbocycles. The minimum absolute atomic E-state index is 0.380. The molecule has 2 nitrogen and oxygen atoms in total. The van der Waals surface area contributed by atoms with E-state index < -0.39 is 0 Å². The van der Waals surface area contributed by atoms with Crippen molar-refractivity contribution < 1.29 is 9.53 Å². The van der Waals surface area contributed by atoms with Gasteiger partial charge in [0.05, 0.1) is 0 Å². The lowest BCUT2D eigenvalue weighted by Crippen LogP contribution is -2.03. The Balaban J connectivity index is 1.56. The molecule has 0 unspecified atom stereocenters. The molecule has 0 atom stereocenters. The van der Waals surface area contributed by atoms with Crippen LogP contribution in [0.3, 0.4) is 0 Å². The smallest absolute Gasteiger partial charge is 0.336 e. The summed E-state index contributed by atoms with van der Waals surface area (Å²) in [7, 11) is 0. The third-order valence-corrected chi connectivity index (χ3v) is 4.92. The summed E-state index contributed by atoms with van der Waals surface area (Å²) < 4.78 is 5.40. The molecule has 0 saturated carbocycles. The standard InChI is InChI=1S/C27H28O2/c1-3-4-5-6-22-11-14-24(15-12-22)25-16-18-26(19-17-25)29-27(28)20-13-23-9-7-21(2)8-10-23/h7-20H,3-6H2,1-2H3/b20-13-. The Bertz CT molecular complexity index is 933. The van der Waals surface area contributed by atoms with Gasteiger partial charge in [-0.1, -0.05) is 86.0 Å². The Kier molecular flexibility index (Phi) is 7.40. The lowest BCUT2D eigenvalue weighted by Gasteiger charge is -2.06. The first-order valence-electron chi connectivity index (χ1n) is 10.3. The molecule has 148 valence electrons. The van der Waals surface area contributed by atoms with Gasteiger partial charge in [-0.2, -0.15) is 0 Å². The zero-order chi connectivity index (χ0) is 20.5.